The Kier molecular flexibility index (Phi) is 6.56. The second-order valence-corrected chi connectivity index (χ2v) is 5.44. The first kappa shape index (κ1) is 14.5. The van der Waals surface area contributed by atoms with Crippen molar-refractivity contribution in [2.75, 3.05) is 0 Å². The Morgan fingerprint density at radius 1 is 1.29 bits per heavy atom. The first-order chi connectivity index (χ1) is 8.15. The van der Waals surface area contributed by atoms with Crippen LogP contribution in [-0.2, 0) is 9.63 Å². The van der Waals surface area contributed by atoms with Crippen molar-refractivity contribution in [1.29, 1.82) is 0 Å². The fraction of sp³-hybridized carbons (Fsp3) is 0.929. The van der Waals surface area contributed by atoms with E-state index >= 15 is 0 Å². The number of carbonyl (C=O) groups is 1. The minimum Gasteiger partial charge on any atom is -0.272 e. The van der Waals surface area contributed by atoms with Crippen LogP contribution in [0.25, 0.3) is 0 Å². The summed E-state index contributed by atoms with van der Waals surface area (Å²) in [6, 6.07) is 0. The maximum absolute atomic E-state index is 11.6. The highest BCUT2D eigenvalue weighted by Gasteiger charge is 2.42. The van der Waals surface area contributed by atoms with Crippen LogP contribution in [0.1, 0.15) is 65.7 Å². The second-order valence-electron chi connectivity index (χ2n) is 5.44. The smallest absolute Gasteiger partial charge is 0.246 e. The van der Waals surface area contributed by atoms with Crippen molar-refractivity contribution in [2.45, 2.75) is 71.8 Å². The van der Waals surface area contributed by atoms with Crippen LogP contribution >= 0.6 is 0 Å². The lowest BCUT2D eigenvalue weighted by Crippen LogP contribution is -2.28. The lowest BCUT2D eigenvalue weighted by molar-refractivity contribution is -0.138. The van der Waals surface area contributed by atoms with Gasteiger partial charge in [-0.3, -0.25) is 9.63 Å². The van der Waals surface area contributed by atoms with Crippen LogP contribution in [0.4, 0.5) is 0 Å². The van der Waals surface area contributed by atoms with Crippen LogP contribution in [0.15, 0.2) is 0 Å². The summed E-state index contributed by atoms with van der Waals surface area (Å²) in [7, 11) is 0. The van der Waals surface area contributed by atoms with Crippen molar-refractivity contribution in [1.82, 2.24) is 5.48 Å². The molecule has 0 aromatic carbocycles. The molecule has 1 rings (SSSR count). The largest absolute Gasteiger partial charge is 0.272 e. The number of amides is 1. The van der Waals surface area contributed by atoms with Crippen LogP contribution < -0.4 is 5.48 Å². The molecule has 3 heteroatoms. The number of unbranched alkanes of at least 4 members (excludes halogenated alkanes) is 4. The van der Waals surface area contributed by atoms with E-state index in [1.54, 1.807) is 0 Å². The fourth-order valence-corrected chi connectivity index (χ4v) is 2.15. The number of nitrogens with one attached hydrogen (secondary N) is 1. The van der Waals surface area contributed by atoms with E-state index in [0.717, 1.165) is 6.42 Å². The standard InChI is InChI=1S/C14H27NO2/c1-4-5-6-7-8-9-12-10-13(12)14(16)15-17-11(2)3/h11-13H,4-10H2,1-3H3,(H,15,16). The number of carbonyl (C=O) groups excluding carboxylic acids is 1. The molecule has 0 aromatic rings. The number of rotatable bonds is 9. The summed E-state index contributed by atoms with van der Waals surface area (Å²) in [4.78, 5) is 16.7. The van der Waals surface area contributed by atoms with Crippen LogP contribution in [0, 0.1) is 11.8 Å². The molecule has 2 atom stereocenters. The van der Waals surface area contributed by atoms with Crippen molar-refractivity contribution >= 4 is 5.91 Å². The van der Waals surface area contributed by atoms with Crippen LogP contribution in [0.3, 0.4) is 0 Å². The Hall–Kier alpha value is -0.570. The third-order valence-corrected chi connectivity index (χ3v) is 3.33. The van der Waals surface area contributed by atoms with E-state index < -0.39 is 0 Å². The first-order valence-electron chi connectivity index (χ1n) is 7.10. The molecule has 0 spiro atoms. The molecule has 1 aliphatic carbocycles. The zero-order chi connectivity index (χ0) is 12.7. The van der Waals surface area contributed by atoms with Crippen molar-refractivity contribution in [3.05, 3.63) is 0 Å². The molecular weight excluding hydrogens is 214 g/mol. The molecule has 2 unspecified atom stereocenters. The predicted octanol–water partition coefficient (Wildman–Crippen LogP) is 3.44. The third-order valence-electron chi connectivity index (χ3n) is 3.33. The van der Waals surface area contributed by atoms with Gasteiger partial charge in [-0.15, -0.1) is 0 Å². The van der Waals surface area contributed by atoms with Gasteiger partial charge in [-0.2, -0.15) is 0 Å². The molecular formula is C14H27NO2. The molecule has 0 aliphatic heterocycles. The quantitative estimate of drug-likeness (QED) is 0.496. The zero-order valence-corrected chi connectivity index (χ0v) is 11.5. The van der Waals surface area contributed by atoms with E-state index in [2.05, 4.69) is 12.4 Å². The maximum atomic E-state index is 11.6. The van der Waals surface area contributed by atoms with Gasteiger partial charge in [-0.1, -0.05) is 39.0 Å². The molecule has 100 valence electrons. The van der Waals surface area contributed by atoms with Gasteiger partial charge in [0, 0.05) is 5.92 Å². The van der Waals surface area contributed by atoms with Gasteiger partial charge in [-0.25, -0.2) is 5.48 Å². The molecule has 1 amide bonds. The average molecular weight is 241 g/mol. The van der Waals surface area contributed by atoms with Gasteiger partial charge >= 0.3 is 0 Å². The molecule has 3 nitrogen and oxygen atoms in total. The highest BCUT2D eigenvalue weighted by atomic mass is 16.7. The minimum atomic E-state index is 0.0604. The van der Waals surface area contributed by atoms with E-state index in [1.807, 2.05) is 13.8 Å². The van der Waals surface area contributed by atoms with Gasteiger partial charge in [0.2, 0.25) is 5.91 Å². The lowest BCUT2D eigenvalue weighted by atomic mass is 10.1. The van der Waals surface area contributed by atoms with Gasteiger partial charge in [0.05, 0.1) is 6.10 Å². The Labute approximate surface area is 105 Å². The minimum absolute atomic E-state index is 0.0604. The van der Waals surface area contributed by atoms with Crippen molar-refractivity contribution < 1.29 is 9.63 Å². The molecule has 0 aromatic heterocycles. The highest BCUT2D eigenvalue weighted by molar-refractivity contribution is 5.80. The van der Waals surface area contributed by atoms with E-state index in [-0.39, 0.29) is 17.9 Å². The molecule has 0 heterocycles. The Bertz CT molecular complexity index is 228. The molecule has 1 saturated carbocycles. The van der Waals surface area contributed by atoms with Gasteiger partial charge < -0.3 is 0 Å². The molecule has 1 fully saturated rings. The van der Waals surface area contributed by atoms with Crippen LogP contribution in [0.2, 0.25) is 0 Å². The van der Waals surface area contributed by atoms with E-state index in [1.165, 1.54) is 38.5 Å². The molecule has 0 bridgehead atoms. The van der Waals surface area contributed by atoms with Crippen molar-refractivity contribution in [3.8, 4) is 0 Å². The second kappa shape index (κ2) is 7.70. The molecule has 0 radical (unpaired) electrons. The van der Waals surface area contributed by atoms with E-state index in [4.69, 9.17) is 4.84 Å². The monoisotopic (exact) mass is 241 g/mol. The normalized spacial score (nSPS) is 22.8. The van der Waals surface area contributed by atoms with Gasteiger partial charge in [0.15, 0.2) is 0 Å². The average Bonchev–Trinajstić information content (AvgIpc) is 3.05. The van der Waals surface area contributed by atoms with Crippen molar-refractivity contribution in [2.24, 2.45) is 11.8 Å². The summed E-state index contributed by atoms with van der Waals surface area (Å²) in [6.07, 6.45) is 8.91. The molecule has 1 aliphatic rings. The summed E-state index contributed by atoms with van der Waals surface area (Å²) >= 11 is 0. The van der Waals surface area contributed by atoms with Crippen molar-refractivity contribution in [3.63, 3.8) is 0 Å². The lowest BCUT2D eigenvalue weighted by Gasteiger charge is -2.08. The van der Waals surface area contributed by atoms with Gasteiger partial charge in [0.25, 0.3) is 0 Å². The predicted molar refractivity (Wildman–Crippen MR) is 69.3 cm³/mol. The molecule has 0 saturated heterocycles. The first-order valence-corrected chi connectivity index (χ1v) is 7.10. The summed E-state index contributed by atoms with van der Waals surface area (Å²) in [5.74, 6) is 0.921. The summed E-state index contributed by atoms with van der Waals surface area (Å²) in [5, 5.41) is 0. The SMILES string of the molecule is CCCCCCCC1CC1C(=O)NOC(C)C. The number of hydrogen-bond donors (Lipinski definition) is 1. The summed E-state index contributed by atoms with van der Waals surface area (Å²) in [5.41, 5.74) is 2.55. The van der Waals surface area contributed by atoms with Gasteiger partial charge in [0.1, 0.15) is 0 Å². The number of hydrogen-bond acceptors (Lipinski definition) is 2. The summed E-state index contributed by atoms with van der Waals surface area (Å²) < 4.78 is 0. The van der Waals surface area contributed by atoms with Crippen LogP contribution in [0.5, 0.6) is 0 Å². The zero-order valence-electron chi connectivity index (χ0n) is 11.5. The molecule has 17 heavy (non-hydrogen) atoms. The summed E-state index contributed by atoms with van der Waals surface area (Å²) in [6.45, 7) is 6.06. The van der Waals surface area contributed by atoms with E-state index in [0.29, 0.717) is 5.92 Å². The van der Waals surface area contributed by atoms with E-state index in [9.17, 15) is 4.79 Å². The van der Waals surface area contributed by atoms with Crippen LogP contribution in [-0.4, -0.2) is 12.0 Å². The van der Waals surface area contributed by atoms with Gasteiger partial charge in [-0.05, 0) is 32.6 Å². The Balaban J connectivity index is 1.98. The Morgan fingerprint density at radius 3 is 2.65 bits per heavy atom. The highest BCUT2D eigenvalue weighted by Crippen LogP contribution is 2.42. The number of hydroxylamine groups is 1. The topological polar surface area (TPSA) is 38.3 Å². The fourth-order valence-electron chi connectivity index (χ4n) is 2.15. The third kappa shape index (κ3) is 6.06. The maximum Gasteiger partial charge on any atom is 0.246 e. The Morgan fingerprint density at radius 2 is 2.00 bits per heavy atom. The molecule has 1 N–H and O–H groups in total.